The second-order valence-corrected chi connectivity index (χ2v) is 11.0. The first kappa shape index (κ1) is 27.5. The molecule has 0 radical (unpaired) electrons. The molecule has 0 aliphatic carbocycles. The highest BCUT2D eigenvalue weighted by Crippen LogP contribution is 2.31. The molecule has 5 rings (SSSR count). The highest BCUT2D eigenvalue weighted by molar-refractivity contribution is 9.10. The lowest BCUT2D eigenvalue weighted by Gasteiger charge is -2.33. The number of unbranched alkanes of at least 4 members (excludes halogenated alkanes) is 1. The molecule has 1 aliphatic heterocycles. The van der Waals surface area contributed by atoms with Crippen molar-refractivity contribution in [1.82, 2.24) is 19.5 Å². The first-order chi connectivity index (χ1) is 18.0. The Labute approximate surface area is 232 Å². The second-order valence-electron chi connectivity index (χ2n) is 9.31. The molecule has 0 bridgehead atoms. The Kier molecular flexibility index (Phi) is 9.88. The van der Waals surface area contributed by atoms with E-state index >= 15 is 0 Å². The minimum absolute atomic E-state index is 0.217. The predicted molar refractivity (Wildman–Crippen MR) is 159 cm³/mol. The van der Waals surface area contributed by atoms with Crippen LogP contribution in [0.3, 0.4) is 0 Å². The van der Waals surface area contributed by atoms with Gasteiger partial charge < -0.3 is 10.4 Å². The lowest BCUT2D eigenvalue weighted by molar-refractivity contribution is 0.211. The van der Waals surface area contributed by atoms with Crippen molar-refractivity contribution in [3.8, 4) is 17.0 Å². The molecule has 0 amide bonds. The van der Waals surface area contributed by atoms with Gasteiger partial charge in [-0.05, 0) is 64.9 Å². The highest BCUT2D eigenvalue weighted by atomic mass is 79.9. The number of thioether (sulfide) groups is 1. The van der Waals surface area contributed by atoms with E-state index in [0.29, 0.717) is 11.6 Å². The van der Waals surface area contributed by atoms with E-state index in [2.05, 4.69) is 75.6 Å². The Morgan fingerprint density at radius 2 is 1.76 bits per heavy atom. The molecular weight excluding hydrogens is 546 g/mol. The van der Waals surface area contributed by atoms with Gasteiger partial charge in [0.1, 0.15) is 11.6 Å². The van der Waals surface area contributed by atoms with Gasteiger partial charge in [-0.1, -0.05) is 51.0 Å². The smallest absolute Gasteiger partial charge is 0.172 e. The van der Waals surface area contributed by atoms with Crippen LogP contribution in [0.25, 0.3) is 16.9 Å². The molecule has 3 heterocycles. The van der Waals surface area contributed by atoms with Crippen molar-refractivity contribution < 1.29 is 5.11 Å². The van der Waals surface area contributed by atoms with Crippen molar-refractivity contribution in [3.63, 3.8) is 0 Å². The van der Waals surface area contributed by atoms with Crippen molar-refractivity contribution in [2.45, 2.75) is 57.0 Å². The van der Waals surface area contributed by atoms with Crippen LogP contribution in [0, 0.1) is 0 Å². The number of phenols is 1. The molecule has 196 valence electrons. The van der Waals surface area contributed by atoms with Crippen molar-refractivity contribution in [2.75, 3.05) is 24.7 Å². The number of hydrogen-bond donors (Lipinski definition) is 2. The zero-order valence-corrected chi connectivity index (χ0v) is 24.2. The Balaban J connectivity index is 0.000000747. The summed E-state index contributed by atoms with van der Waals surface area (Å²) in [6.45, 7) is 7.45. The molecule has 1 fully saturated rings. The number of likely N-dealkylation sites (tertiary alicyclic amines) is 1. The van der Waals surface area contributed by atoms with E-state index in [0.717, 1.165) is 54.1 Å². The summed E-state index contributed by atoms with van der Waals surface area (Å²) in [7, 11) is 0. The number of fused-ring (bicyclic) bond motifs is 1. The van der Waals surface area contributed by atoms with Gasteiger partial charge in [-0.2, -0.15) is 9.61 Å². The molecule has 4 aromatic rings. The average Bonchev–Trinajstić information content (AvgIpc) is 3.31. The number of benzene rings is 2. The zero-order valence-electron chi connectivity index (χ0n) is 21.8. The Bertz CT molecular complexity index is 1280. The summed E-state index contributed by atoms with van der Waals surface area (Å²) >= 11 is 5.33. The molecule has 0 unspecified atom stereocenters. The van der Waals surface area contributed by atoms with Gasteiger partial charge in [0.2, 0.25) is 0 Å². The van der Waals surface area contributed by atoms with Gasteiger partial charge in [0.25, 0.3) is 0 Å². The van der Waals surface area contributed by atoms with Crippen LogP contribution in [0.15, 0.2) is 70.2 Å². The quantitative estimate of drug-likeness (QED) is 0.221. The normalized spacial score (nSPS) is 14.4. The van der Waals surface area contributed by atoms with Crippen LogP contribution in [0.5, 0.6) is 5.75 Å². The number of aromatic nitrogens is 3. The summed E-state index contributed by atoms with van der Waals surface area (Å²) in [6.07, 6.45) is 8.62. The lowest BCUT2D eigenvalue weighted by atomic mass is 10.0. The number of nitrogens with zero attached hydrogens (tertiary/aromatic N) is 4. The van der Waals surface area contributed by atoms with E-state index in [4.69, 9.17) is 4.98 Å². The predicted octanol–water partition coefficient (Wildman–Crippen LogP) is 7.47. The summed E-state index contributed by atoms with van der Waals surface area (Å²) in [5.74, 6) is 1.10. The summed E-state index contributed by atoms with van der Waals surface area (Å²) in [5, 5.41) is 18.5. The fourth-order valence-corrected chi connectivity index (χ4v) is 5.06. The van der Waals surface area contributed by atoms with E-state index in [1.165, 1.54) is 23.3 Å². The minimum Gasteiger partial charge on any atom is -0.507 e. The molecule has 2 aromatic carbocycles. The number of phenolic OH excluding ortho intramolecular Hbond substituents is 1. The van der Waals surface area contributed by atoms with Crippen molar-refractivity contribution in [1.29, 1.82) is 0 Å². The summed E-state index contributed by atoms with van der Waals surface area (Å²) in [5.41, 5.74) is 3.52. The number of hydrogen-bond acceptors (Lipinski definition) is 6. The molecule has 6 nitrogen and oxygen atoms in total. The highest BCUT2D eigenvalue weighted by Gasteiger charge is 2.21. The number of piperidine rings is 1. The molecule has 2 aromatic heterocycles. The fourth-order valence-electron chi connectivity index (χ4n) is 4.30. The molecule has 0 atom stereocenters. The second kappa shape index (κ2) is 13.3. The Hall–Kier alpha value is -2.55. The maximum absolute atomic E-state index is 10.3. The van der Waals surface area contributed by atoms with E-state index in [-0.39, 0.29) is 5.75 Å². The monoisotopic (exact) mass is 581 g/mol. The van der Waals surface area contributed by atoms with Gasteiger partial charge >= 0.3 is 0 Å². The summed E-state index contributed by atoms with van der Waals surface area (Å²) in [4.78, 5) is 8.56. The SMILES string of the molecule is CCCC.CSc1ccc(CN2CCC(Nc3cc(-c4ccccc4O)nc4c(Br)cnn34)CC2)cc1. The van der Waals surface area contributed by atoms with Crippen LogP contribution in [-0.4, -0.2) is 50.0 Å². The van der Waals surface area contributed by atoms with Gasteiger partial charge in [0, 0.05) is 42.2 Å². The number of aromatic hydroxyl groups is 1. The third kappa shape index (κ3) is 7.06. The third-order valence-electron chi connectivity index (χ3n) is 6.61. The maximum atomic E-state index is 10.3. The first-order valence-corrected chi connectivity index (χ1v) is 15.0. The van der Waals surface area contributed by atoms with Gasteiger partial charge in [-0.3, -0.25) is 4.90 Å². The van der Waals surface area contributed by atoms with Crippen LogP contribution >= 0.6 is 27.7 Å². The van der Waals surface area contributed by atoms with Crippen LogP contribution < -0.4 is 5.32 Å². The van der Waals surface area contributed by atoms with Crippen LogP contribution in [0.4, 0.5) is 5.82 Å². The average molecular weight is 583 g/mol. The first-order valence-electron chi connectivity index (χ1n) is 13.0. The van der Waals surface area contributed by atoms with Crippen LogP contribution in [-0.2, 0) is 6.54 Å². The lowest BCUT2D eigenvalue weighted by Crippen LogP contribution is -2.39. The van der Waals surface area contributed by atoms with Crippen LogP contribution in [0.1, 0.15) is 45.1 Å². The Morgan fingerprint density at radius 3 is 2.41 bits per heavy atom. The largest absolute Gasteiger partial charge is 0.507 e. The van der Waals surface area contributed by atoms with Crippen molar-refractivity contribution in [2.24, 2.45) is 0 Å². The fraction of sp³-hybridized carbons (Fsp3) is 0.379. The number of anilines is 1. The number of halogens is 1. The summed E-state index contributed by atoms with van der Waals surface area (Å²) < 4.78 is 2.65. The van der Waals surface area contributed by atoms with Gasteiger partial charge in [-0.25, -0.2) is 4.98 Å². The third-order valence-corrected chi connectivity index (χ3v) is 7.92. The summed E-state index contributed by atoms with van der Waals surface area (Å²) in [6, 6.07) is 18.5. The molecule has 1 aliphatic rings. The molecular formula is C29H36BrN5OS. The number of rotatable bonds is 7. The van der Waals surface area contributed by atoms with Gasteiger partial charge in [-0.15, -0.1) is 11.8 Å². The van der Waals surface area contributed by atoms with E-state index < -0.39 is 0 Å². The van der Waals surface area contributed by atoms with E-state index in [1.807, 2.05) is 28.8 Å². The molecule has 37 heavy (non-hydrogen) atoms. The minimum atomic E-state index is 0.217. The Morgan fingerprint density at radius 1 is 1.05 bits per heavy atom. The maximum Gasteiger partial charge on any atom is 0.172 e. The zero-order chi connectivity index (χ0) is 26.2. The molecule has 1 saturated heterocycles. The van der Waals surface area contributed by atoms with Gasteiger partial charge in [0.05, 0.1) is 16.4 Å². The van der Waals surface area contributed by atoms with Crippen molar-refractivity contribution in [3.05, 3.63) is 70.8 Å². The number of para-hydroxylation sites is 1. The van der Waals surface area contributed by atoms with Crippen molar-refractivity contribution >= 4 is 39.2 Å². The molecule has 2 N–H and O–H groups in total. The van der Waals surface area contributed by atoms with E-state index in [1.54, 1.807) is 24.0 Å². The standard InChI is InChI=1S/C25H26BrN5OS.C4H10/c1-33-19-8-6-17(7-9-19)16-30-12-10-18(11-13-30)28-24-14-22(20-4-2-3-5-23(20)32)29-25-21(26)15-27-31(24)25;1-3-4-2/h2-9,14-15,18,28,32H,10-13,16H2,1H3;3-4H2,1-2H3. The molecule has 0 spiro atoms. The van der Waals surface area contributed by atoms with Gasteiger partial charge in [0.15, 0.2) is 5.65 Å². The van der Waals surface area contributed by atoms with Crippen LogP contribution in [0.2, 0.25) is 0 Å². The number of nitrogens with one attached hydrogen (secondary N) is 1. The van der Waals surface area contributed by atoms with E-state index in [9.17, 15) is 5.11 Å². The molecule has 8 heteroatoms. The topological polar surface area (TPSA) is 65.7 Å². The molecule has 0 saturated carbocycles.